The summed E-state index contributed by atoms with van der Waals surface area (Å²) in [5, 5.41) is 0. The van der Waals surface area contributed by atoms with Gasteiger partial charge in [0.25, 0.3) is 0 Å². The lowest BCUT2D eigenvalue weighted by Gasteiger charge is -2.19. The molecule has 0 aromatic heterocycles. The lowest BCUT2D eigenvalue weighted by Crippen LogP contribution is -2.33. The maximum atomic E-state index is 11.3. The van der Waals surface area contributed by atoms with Crippen molar-refractivity contribution < 1.29 is 4.79 Å². The zero-order valence-electron chi connectivity index (χ0n) is 8.05. The van der Waals surface area contributed by atoms with Gasteiger partial charge in [-0.2, -0.15) is 0 Å². The second-order valence-corrected chi connectivity index (χ2v) is 3.39. The molecule has 1 heterocycles. The van der Waals surface area contributed by atoms with Gasteiger partial charge in [-0.3, -0.25) is 4.79 Å². The lowest BCUT2D eigenvalue weighted by molar-refractivity contribution is -0.130. The van der Waals surface area contributed by atoms with Crippen LogP contribution in [0.1, 0.15) is 19.8 Å². The normalized spacial score (nSPS) is 20.7. The number of rotatable bonds is 1. The predicted molar refractivity (Wildman–Crippen MR) is 49.0 cm³/mol. The average molecular weight is 170 g/mol. The van der Waals surface area contributed by atoms with Gasteiger partial charge < -0.3 is 9.80 Å². The molecular formula is C9H18N2O. The van der Waals surface area contributed by atoms with Crippen LogP contribution in [0.2, 0.25) is 0 Å². The van der Waals surface area contributed by atoms with Crippen LogP contribution in [0.5, 0.6) is 0 Å². The van der Waals surface area contributed by atoms with Crippen LogP contribution in [-0.4, -0.2) is 48.9 Å². The van der Waals surface area contributed by atoms with Crippen molar-refractivity contribution in [3.63, 3.8) is 0 Å². The highest BCUT2D eigenvalue weighted by molar-refractivity contribution is 5.75. The molecule has 1 aliphatic heterocycles. The Morgan fingerprint density at radius 1 is 1.25 bits per heavy atom. The summed E-state index contributed by atoms with van der Waals surface area (Å²) in [7, 11) is 2.11. The highest BCUT2D eigenvalue weighted by Crippen LogP contribution is 2.02. The van der Waals surface area contributed by atoms with Gasteiger partial charge in [-0.1, -0.05) is 6.92 Å². The SMILES string of the molecule is CCC(=O)N1CCCN(C)CC1. The first-order valence-corrected chi connectivity index (χ1v) is 4.70. The Bertz CT molecular complexity index is 159. The number of carbonyl (C=O) groups excluding carboxylic acids is 1. The highest BCUT2D eigenvalue weighted by Gasteiger charge is 2.14. The summed E-state index contributed by atoms with van der Waals surface area (Å²) in [5.74, 6) is 0.297. The van der Waals surface area contributed by atoms with Crippen LogP contribution in [0.4, 0.5) is 0 Å². The van der Waals surface area contributed by atoms with E-state index in [1.54, 1.807) is 0 Å². The third-order valence-corrected chi connectivity index (χ3v) is 2.37. The van der Waals surface area contributed by atoms with Crippen LogP contribution in [0.3, 0.4) is 0 Å². The minimum Gasteiger partial charge on any atom is -0.341 e. The zero-order chi connectivity index (χ0) is 8.97. The molecule has 0 aliphatic carbocycles. The molecule has 3 nitrogen and oxygen atoms in total. The van der Waals surface area contributed by atoms with Crippen LogP contribution in [0.15, 0.2) is 0 Å². The summed E-state index contributed by atoms with van der Waals surface area (Å²) >= 11 is 0. The fourth-order valence-electron chi connectivity index (χ4n) is 1.52. The molecule has 0 N–H and O–H groups in total. The van der Waals surface area contributed by atoms with E-state index in [4.69, 9.17) is 0 Å². The topological polar surface area (TPSA) is 23.6 Å². The second-order valence-electron chi connectivity index (χ2n) is 3.39. The zero-order valence-corrected chi connectivity index (χ0v) is 8.05. The van der Waals surface area contributed by atoms with Crippen molar-refractivity contribution in [2.45, 2.75) is 19.8 Å². The number of hydrogen-bond acceptors (Lipinski definition) is 2. The van der Waals surface area contributed by atoms with E-state index in [1.165, 1.54) is 0 Å². The summed E-state index contributed by atoms with van der Waals surface area (Å²) in [6.45, 7) is 5.91. The van der Waals surface area contributed by atoms with E-state index in [0.29, 0.717) is 12.3 Å². The fourth-order valence-corrected chi connectivity index (χ4v) is 1.52. The minimum absolute atomic E-state index is 0.297. The largest absolute Gasteiger partial charge is 0.341 e. The standard InChI is InChI=1S/C9H18N2O/c1-3-9(12)11-6-4-5-10(2)7-8-11/h3-8H2,1-2H3. The Kier molecular flexibility index (Phi) is 3.53. The molecule has 12 heavy (non-hydrogen) atoms. The molecule has 70 valence electrons. The second kappa shape index (κ2) is 4.45. The van der Waals surface area contributed by atoms with Gasteiger partial charge in [0.2, 0.25) is 5.91 Å². The number of likely N-dealkylation sites (N-methyl/N-ethyl adjacent to an activating group) is 1. The predicted octanol–water partition coefficient (Wildman–Crippen LogP) is 0.560. The molecule has 0 aromatic carbocycles. The number of carbonyl (C=O) groups is 1. The molecule has 1 aliphatic rings. The molecule has 0 radical (unpaired) electrons. The summed E-state index contributed by atoms with van der Waals surface area (Å²) in [6, 6.07) is 0. The quantitative estimate of drug-likeness (QED) is 0.574. The van der Waals surface area contributed by atoms with Crippen molar-refractivity contribution in [1.29, 1.82) is 0 Å². The first kappa shape index (κ1) is 9.52. The Hall–Kier alpha value is -0.570. The summed E-state index contributed by atoms with van der Waals surface area (Å²) in [4.78, 5) is 15.6. The maximum absolute atomic E-state index is 11.3. The molecule has 1 rings (SSSR count). The molecule has 0 unspecified atom stereocenters. The number of hydrogen-bond donors (Lipinski definition) is 0. The Morgan fingerprint density at radius 3 is 2.67 bits per heavy atom. The fraction of sp³-hybridized carbons (Fsp3) is 0.889. The molecule has 0 saturated carbocycles. The van der Waals surface area contributed by atoms with E-state index in [1.807, 2.05) is 11.8 Å². The first-order valence-electron chi connectivity index (χ1n) is 4.70. The number of nitrogens with zero attached hydrogens (tertiary/aromatic N) is 2. The Morgan fingerprint density at radius 2 is 2.00 bits per heavy atom. The third-order valence-electron chi connectivity index (χ3n) is 2.37. The van der Waals surface area contributed by atoms with Gasteiger partial charge in [-0.15, -0.1) is 0 Å². The lowest BCUT2D eigenvalue weighted by atomic mass is 10.3. The van der Waals surface area contributed by atoms with Crippen LogP contribution in [0, 0.1) is 0 Å². The van der Waals surface area contributed by atoms with E-state index < -0.39 is 0 Å². The summed E-state index contributed by atoms with van der Waals surface area (Å²) in [5.41, 5.74) is 0. The van der Waals surface area contributed by atoms with Crippen molar-refractivity contribution in [3.8, 4) is 0 Å². The third kappa shape index (κ3) is 2.48. The van der Waals surface area contributed by atoms with Crippen molar-refractivity contribution in [3.05, 3.63) is 0 Å². The van der Waals surface area contributed by atoms with E-state index in [-0.39, 0.29) is 0 Å². The summed E-state index contributed by atoms with van der Waals surface area (Å²) in [6.07, 6.45) is 1.76. The van der Waals surface area contributed by atoms with E-state index in [2.05, 4.69) is 11.9 Å². The van der Waals surface area contributed by atoms with Crippen LogP contribution in [-0.2, 0) is 4.79 Å². The van der Waals surface area contributed by atoms with Gasteiger partial charge in [-0.25, -0.2) is 0 Å². The van der Waals surface area contributed by atoms with Gasteiger partial charge >= 0.3 is 0 Å². The maximum Gasteiger partial charge on any atom is 0.222 e. The van der Waals surface area contributed by atoms with Gasteiger partial charge in [0.15, 0.2) is 0 Å². The smallest absolute Gasteiger partial charge is 0.222 e. The van der Waals surface area contributed by atoms with Crippen molar-refractivity contribution in [2.75, 3.05) is 33.2 Å². The van der Waals surface area contributed by atoms with Crippen LogP contribution >= 0.6 is 0 Å². The average Bonchev–Trinajstić information content (AvgIpc) is 2.29. The molecule has 1 amide bonds. The monoisotopic (exact) mass is 170 g/mol. The van der Waals surface area contributed by atoms with Crippen molar-refractivity contribution in [1.82, 2.24) is 9.80 Å². The van der Waals surface area contributed by atoms with Gasteiger partial charge in [0.1, 0.15) is 0 Å². The van der Waals surface area contributed by atoms with Crippen LogP contribution < -0.4 is 0 Å². The van der Waals surface area contributed by atoms with Gasteiger partial charge in [-0.05, 0) is 20.0 Å². The molecule has 0 atom stereocenters. The van der Waals surface area contributed by atoms with E-state index >= 15 is 0 Å². The van der Waals surface area contributed by atoms with E-state index in [0.717, 1.165) is 32.6 Å². The Balaban J connectivity index is 2.40. The van der Waals surface area contributed by atoms with E-state index in [9.17, 15) is 4.79 Å². The Labute approximate surface area is 74.3 Å². The molecule has 0 bridgehead atoms. The highest BCUT2D eigenvalue weighted by atomic mass is 16.2. The van der Waals surface area contributed by atoms with Gasteiger partial charge in [0, 0.05) is 26.1 Å². The van der Waals surface area contributed by atoms with Crippen molar-refractivity contribution in [2.24, 2.45) is 0 Å². The molecule has 0 aromatic rings. The first-order chi connectivity index (χ1) is 5.74. The van der Waals surface area contributed by atoms with Gasteiger partial charge in [0.05, 0.1) is 0 Å². The molecule has 3 heteroatoms. The molecular weight excluding hydrogens is 152 g/mol. The molecule has 0 spiro atoms. The van der Waals surface area contributed by atoms with Crippen molar-refractivity contribution >= 4 is 5.91 Å². The molecule has 1 saturated heterocycles. The number of amides is 1. The summed E-state index contributed by atoms with van der Waals surface area (Å²) < 4.78 is 0. The van der Waals surface area contributed by atoms with Crippen LogP contribution in [0.25, 0.3) is 0 Å². The minimum atomic E-state index is 0.297. The molecule has 1 fully saturated rings.